The molecule has 2 aliphatic rings. The molecule has 1 heterocycles. The molecular formula is C11H21N. The highest BCUT2D eigenvalue weighted by Crippen LogP contribution is 2.34. The zero-order valence-electron chi connectivity index (χ0n) is 8.42. The average molecular weight is 167 g/mol. The van der Waals surface area contributed by atoms with Gasteiger partial charge >= 0.3 is 0 Å². The average Bonchev–Trinajstić information content (AvgIpc) is 2.18. The minimum atomic E-state index is 0.996. The van der Waals surface area contributed by atoms with Gasteiger partial charge in [-0.15, -0.1) is 0 Å². The summed E-state index contributed by atoms with van der Waals surface area (Å²) in [6.45, 7) is 5.16. The van der Waals surface area contributed by atoms with Gasteiger partial charge in [-0.3, -0.25) is 0 Å². The largest absolute Gasteiger partial charge is 0.306 e. The van der Waals surface area contributed by atoms with E-state index in [1.54, 1.807) is 0 Å². The van der Waals surface area contributed by atoms with Gasteiger partial charge in [0.25, 0.3) is 0 Å². The van der Waals surface area contributed by atoms with E-state index in [4.69, 9.17) is 0 Å². The highest BCUT2D eigenvalue weighted by molar-refractivity contribution is 4.81. The molecule has 2 bridgehead atoms. The quantitative estimate of drug-likeness (QED) is 0.535. The Morgan fingerprint density at radius 2 is 1.50 bits per heavy atom. The fraction of sp³-hybridized carbons (Fsp3) is 1.00. The van der Waals surface area contributed by atoms with Crippen LogP contribution in [0.4, 0.5) is 0 Å². The maximum atomic E-state index is 2.55. The van der Waals surface area contributed by atoms with Crippen LogP contribution >= 0.6 is 0 Å². The molecule has 0 amide bonds. The summed E-state index contributed by atoms with van der Waals surface area (Å²) in [6, 6.07) is 0. The van der Waals surface area contributed by atoms with Gasteiger partial charge in [-0.2, -0.15) is 0 Å². The standard InChI is InChI=1S/C11H21N/c1-9-5-10-3-4-11(6-9)8-12(2)7-10/h9-11H,3-8H2,1-2H3. The van der Waals surface area contributed by atoms with Gasteiger partial charge in [0.1, 0.15) is 0 Å². The number of fused-ring (bicyclic) bond motifs is 3. The maximum absolute atomic E-state index is 2.55. The third kappa shape index (κ3) is 1.82. The minimum Gasteiger partial charge on any atom is -0.306 e. The van der Waals surface area contributed by atoms with Crippen LogP contribution in [0.5, 0.6) is 0 Å². The molecule has 0 aromatic carbocycles. The predicted octanol–water partition coefficient (Wildman–Crippen LogP) is 2.37. The van der Waals surface area contributed by atoms with Crippen molar-refractivity contribution in [2.24, 2.45) is 17.8 Å². The molecule has 0 aromatic heterocycles. The van der Waals surface area contributed by atoms with Crippen molar-refractivity contribution in [3.05, 3.63) is 0 Å². The Morgan fingerprint density at radius 3 is 2.00 bits per heavy atom. The van der Waals surface area contributed by atoms with Crippen molar-refractivity contribution in [2.75, 3.05) is 20.1 Å². The van der Waals surface area contributed by atoms with Crippen LogP contribution in [-0.2, 0) is 0 Å². The summed E-state index contributed by atoms with van der Waals surface area (Å²) in [5, 5.41) is 0. The second-order valence-corrected chi connectivity index (χ2v) is 5.11. The molecule has 2 unspecified atom stereocenters. The Hall–Kier alpha value is -0.0400. The zero-order chi connectivity index (χ0) is 8.55. The van der Waals surface area contributed by atoms with Crippen molar-refractivity contribution >= 4 is 0 Å². The molecule has 1 saturated heterocycles. The lowest BCUT2D eigenvalue weighted by molar-refractivity contribution is 0.209. The van der Waals surface area contributed by atoms with Crippen LogP contribution in [0.1, 0.15) is 32.6 Å². The van der Waals surface area contributed by atoms with Crippen molar-refractivity contribution in [1.82, 2.24) is 4.90 Å². The monoisotopic (exact) mass is 167 g/mol. The second-order valence-electron chi connectivity index (χ2n) is 5.11. The fourth-order valence-electron chi connectivity index (χ4n) is 3.23. The molecule has 0 radical (unpaired) electrons. The van der Waals surface area contributed by atoms with Gasteiger partial charge in [0, 0.05) is 13.1 Å². The first-order chi connectivity index (χ1) is 5.74. The third-order valence-electron chi connectivity index (χ3n) is 3.59. The Kier molecular flexibility index (Phi) is 2.40. The Labute approximate surface area is 76.1 Å². The Balaban J connectivity index is 2.07. The van der Waals surface area contributed by atoms with Crippen molar-refractivity contribution in [2.45, 2.75) is 32.6 Å². The van der Waals surface area contributed by atoms with Crippen LogP contribution in [0.2, 0.25) is 0 Å². The van der Waals surface area contributed by atoms with Crippen LogP contribution in [0, 0.1) is 17.8 Å². The van der Waals surface area contributed by atoms with E-state index in [1.807, 2.05) is 0 Å². The van der Waals surface area contributed by atoms with Gasteiger partial charge in [-0.05, 0) is 50.5 Å². The van der Waals surface area contributed by atoms with E-state index < -0.39 is 0 Å². The highest BCUT2D eigenvalue weighted by atomic mass is 15.1. The van der Waals surface area contributed by atoms with E-state index in [2.05, 4.69) is 18.9 Å². The Bertz CT molecular complexity index is 125. The second kappa shape index (κ2) is 3.37. The highest BCUT2D eigenvalue weighted by Gasteiger charge is 2.28. The summed E-state index contributed by atoms with van der Waals surface area (Å²) in [4.78, 5) is 2.55. The number of hydrogen-bond donors (Lipinski definition) is 0. The lowest BCUT2D eigenvalue weighted by Crippen LogP contribution is -2.30. The number of likely N-dealkylation sites (tertiary alicyclic amines) is 1. The predicted molar refractivity (Wildman–Crippen MR) is 52.1 cm³/mol. The van der Waals surface area contributed by atoms with E-state index in [1.165, 1.54) is 38.8 Å². The van der Waals surface area contributed by atoms with Crippen molar-refractivity contribution in [3.63, 3.8) is 0 Å². The van der Waals surface area contributed by atoms with Crippen LogP contribution in [0.3, 0.4) is 0 Å². The minimum absolute atomic E-state index is 0.996. The van der Waals surface area contributed by atoms with Crippen LogP contribution in [-0.4, -0.2) is 25.0 Å². The molecule has 70 valence electrons. The first-order valence-corrected chi connectivity index (χ1v) is 5.42. The summed E-state index contributed by atoms with van der Waals surface area (Å²) in [7, 11) is 2.29. The van der Waals surface area contributed by atoms with E-state index in [0.717, 1.165) is 17.8 Å². The number of rotatable bonds is 0. The fourth-order valence-corrected chi connectivity index (χ4v) is 3.23. The molecule has 1 aliphatic carbocycles. The molecule has 0 aromatic rings. The molecule has 1 saturated carbocycles. The summed E-state index contributed by atoms with van der Waals surface area (Å²) in [6.07, 6.45) is 5.97. The lowest BCUT2D eigenvalue weighted by Gasteiger charge is -2.27. The number of hydrogen-bond acceptors (Lipinski definition) is 1. The normalized spacial score (nSPS) is 44.0. The van der Waals surface area contributed by atoms with Gasteiger partial charge < -0.3 is 4.90 Å². The molecule has 1 heteroatoms. The van der Waals surface area contributed by atoms with Crippen molar-refractivity contribution in [3.8, 4) is 0 Å². The van der Waals surface area contributed by atoms with E-state index in [9.17, 15) is 0 Å². The van der Waals surface area contributed by atoms with Gasteiger partial charge in [0.2, 0.25) is 0 Å². The summed E-state index contributed by atoms with van der Waals surface area (Å²) < 4.78 is 0. The summed E-state index contributed by atoms with van der Waals surface area (Å²) in [5.41, 5.74) is 0. The molecule has 1 nitrogen and oxygen atoms in total. The van der Waals surface area contributed by atoms with Crippen LogP contribution in [0.15, 0.2) is 0 Å². The van der Waals surface area contributed by atoms with Crippen molar-refractivity contribution in [1.29, 1.82) is 0 Å². The molecular weight excluding hydrogens is 146 g/mol. The summed E-state index contributed by atoms with van der Waals surface area (Å²) in [5.74, 6) is 3.02. The smallest absolute Gasteiger partial charge is 0.000682 e. The molecule has 2 fully saturated rings. The van der Waals surface area contributed by atoms with E-state index in [0.29, 0.717) is 0 Å². The molecule has 2 rings (SSSR count). The molecule has 0 N–H and O–H groups in total. The lowest BCUT2D eigenvalue weighted by atomic mass is 9.91. The van der Waals surface area contributed by atoms with Gasteiger partial charge in [-0.25, -0.2) is 0 Å². The van der Waals surface area contributed by atoms with E-state index in [-0.39, 0.29) is 0 Å². The number of nitrogens with zero attached hydrogens (tertiary/aromatic N) is 1. The SMILES string of the molecule is CC1CC2CCC(C1)CN(C)C2. The summed E-state index contributed by atoms with van der Waals surface area (Å²) >= 11 is 0. The third-order valence-corrected chi connectivity index (χ3v) is 3.59. The molecule has 2 atom stereocenters. The van der Waals surface area contributed by atoms with Crippen molar-refractivity contribution < 1.29 is 0 Å². The molecule has 1 aliphatic heterocycles. The van der Waals surface area contributed by atoms with Gasteiger partial charge in [0.15, 0.2) is 0 Å². The topological polar surface area (TPSA) is 3.24 Å². The maximum Gasteiger partial charge on any atom is 0.000682 e. The van der Waals surface area contributed by atoms with Gasteiger partial charge in [0.05, 0.1) is 0 Å². The van der Waals surface area contributed by atoms with Gasteiger partial charge in [-0.1, -0.05) is 6.92 Å². The molecule has 12 heavy (non-hydrogen) atoms. The van der Waals surface area contributed by atoms with E-state index >= 15 is 0 Å². The van der Waals surface area contributed by atoms with Crippen LogP contribution < -0.4 is 0 Å². The zero-order valence-corrected chi connectivity index (χ0v) is 8.42. The molecule has 0 spiro atoms. The first kappa shape index (κ1) is 8.55. The van der Waals surface area contributed by atoms with Crippen LogP contribution in [0.25, 0.3) is 0 Å². The Morgan fingerprint density at radius 1 is 1.00 bits per heavy atom. The first-order valence-electron chi connectivity index (χ1n) is 5.42.